The van der Waals surface area contributed by atoms with E-state index in [1.54, 1.807) is 0 Å². The third-order valence-corrected chi connectivity index (χ3v) is 8.50. The Kier molecular flexibility index (Phi) is 9.92. The second-order valence-corrected chi connectivity index (χ2v) is 11.5. The van der Waals surface area contributed by atoms with E-state index in [1.165, 1.54) is 11.0 Å². The molecular weight excluding hydrogens is 570 g/mol. The van der Waals surface area contributed by atoms with Gasteiger partial charge in [-0.25, -0.2) is 9.59 Å². The van der Waals surface area contributed by atoms with Crippen molar-refractivity contribution in [1.29, 1.82) is 0 Å². The van der Waals surface area contributed by atoms with Crippen LogP contribution in [0.3, 0.4) is 0 Å². The molecule has 0 N–H and O–H groups in total. The first-order chi connectivity index (χ1) is 22.1. The molecule has 2 aromatic carbocycles. The van der Waals surface area contributed by atoms with Crippen LogP contribution in [0.2, 0.25) is 0 Å². The molecule has 0 bridgehead atoms. The fourth-order valence-electron chi connectivity index (χ4n) is 6.37. The van der Waals surface area contributed by atoms with Crippen molar-refractivity contribution in [1.82, 2.24) is 4.90 Å². The minimum Gasteiger partial charge on any atom is -0.491 e. The summed E-state index contributed by atoms with van der Waals surface area (Å²) in [6, 6.07) is 15.5. The molecule has 8 heteroatoms. The molecular formula is C37H39NO7. The summed E-state index contributed by atoms with van der Waals surface area (Å²) < 4.78 is 29.8. The molecule has 0 spiro atoms. The molecule has 4 atom stereocenters. The number of ether oxygens (including phenoxy) is 5. The molecule has 6 rings (SSSR count). The van der Waals surface area contributed by atoms with E-state index in [0.717, 1.165) is 47.3 Å². The highest BCUT2D eigenvalue weighted by molar-refractivity contribution is 5.83. The SMILES string of the molecule is C=CCOC(=O)[C@@H]1C[C@@H](OC2CCCC(COC3=C/C=C\C=C/C=C\3)O2)CN1C(=O)OCC1c2ccccc2-c2ccccc21. The van der Waals surface area contributed by atoms with Gasteiger partial charge < -0.3 is 23.7 Å². The molecule has 8 nitrogen and oxygen atoms in total. The Labute approximate surface area is 264 Å². The van der Waals surface area contributed by atoms with E-state index in [2.05, 4.69) is 30.8 Å². The normalized spacial score (nSPS) is 27.1. The van der Waals surface area contributed by atoms with Crippen LogP contribution in [0.5, 0.6) is 0 Å². The number of amides is 1. The summed E-state index contributed by atoms with van der Waals surface area (Å²) in [6.07, 6.45) is 16.3. The number of benzene rings is 2. The molecule has 2 aliphatic carbocycles. The first kappa shape index (κ1) is 30.6. The van der Waals surface area contributed by atoms with Crippen LogP contribution in [-0.4, -0.2) is 67.9 Å². The smallest absolute Gasteiger partial charge is 0.410 e. The second kappa shape index (κ2) is 14.6. The predicted octanol–water partition coefficient (Wildman–Crippen LogP) is 6.60. The number of nitrogens with zero attached hydrogens (tertiary/aromatic N) is 1. The molecule has 2 saturated heterocycles. The Morgan fingerprint density at radius 1 is 0.911 bits per heavy atom. The summed E-state index contributed by atoms with van der Waals surface area (Å²) in [4.78, 5) is 28.0. The molecule has 2 aromatic rings. The zero-order chi connectivity index (χ0) is 31.0. The van der Waals surface area contributed by atoms with Crippen molar-refractivity contribution in [3.05, 3.63) is 121 Å². The number of hydrogen-bond donors (Lipinski definition) is 0. The van der Waals surface area contributed by atoms with E-state index in [-0.39, 0.29) is 31.8 Å². The Hall–Kier alpha value is -4.40. The Morgan fingerprint density at radius 2 is 1.64 bits per heavy atom. The van der Waals surface area contributed by atoms with E-state index in [0.29, 0.717) is 13.0 Å². The molecule has 0 radical (unpaired) electrons. The second-order valence-electron chi connectivity index (χ2n) is 11.5. The Morgan fingerprint density at radius 3 is 2.42 bits per heavy atom. The van der Waals surface area contributed by atoms with Crippen LogP contribution in [0.4, 0.5) is 4.79 Å². The third kappa shape index (κ3) is 7.30. The van der Waals surface area contributed by atoms with Gasteiger partial charge in [0, 0.05) is 12.3 Å². The van der Waals surface area contributed by atoms with Crippen molar-refractivity contribution in [3.8, 4) is 11.1 Å². The van der Waals surface area contributed by atoms with Gasteiger partial charge in [-0.1, -0.05) is 91.6 Å². The van der Waals surface area contributed by atoms with Crippen LogP contribution < -0.4 is 0 Å². The van der Waals surface area contributed by atoms with Crippen LogP contribution in [-0.2, 0) is 28.5 Å². The third-order valence-electron chi connectivity index (χ3n) is 8.50. The summed E-state index contributed by atoms with van der Waals surface area (Å²) in [6.45, 7) is 4.45. The Balaban J connectivity index is 1.07. The van der Waals surface area contributed by atoms with Gasteiger partial charge in [0.1, 0.15) is 31.6 Å². The minimum atomic E-state index is -0.825. The summed E-state index contributed by atoms with van der Waals surface area (Å²) in [7, 11) is 0. The van der Waals surface area contributed by atoms with Crippen molar-refractivity contribution >= 4 is 12.1 Å². The van der Waals surface area contributed by atoms with Crippen LogP contribution in [0.25, 0.3) is 11.1 Å². The van der Waals surface area contributed by atoms with Gasteiger partial charge in [-0.3, -0.25) is 4.90 Å². The van der Waals surface area contributed by atoms with Crippen molar-refractivity contribution in [3.63, 3.8) is 0 Å². The molecule has 234 valence electrons. The van der Waals surface area contributed by atoms with E-state index in [1.807, 2.05) is 66.8 Å². The van der Waals surface area contributed by atoms with E-state index in [4.69, 9.17) is 23.7 Å². The fourth-order valence-corrected chi connectivity index (χ4v) is 6.37. The lowest BCUT2D eigenvalue weighted by Gasteiger charge is -2.31. The maximum atomic E-state index is 13.5. The van der Waals surface area contributed by atoms with Crippen LogP contribution in [0.1, 0.15) is 42.7 Å². The quantitative estimate of drug-likeness (QED) is 0.222. The molecule has 2 aliphatic heterocycles. The maximum absolute atomic E-state index is 13.5. The number of likely N-dealkylation sites (tertiary alicyclic amines) is 1. The zero-order valence-corrected chi connectivity index (χ0v) is 25.3. The first-order valence-corrected chi connectivity index (χ1v) is 15.6. The Bertz CT molecular complexity index is 1460. The molecule has 2 fully saturated rings. The van der Waals surface area contributed by atoms with Gasteiger partial charge in [-0.2, -0.15) is 0 Å². The van der Waals surface area contributed by atoms with Gasteiger partial charge in [-0.15, -0.1) is 0 Å². The van der Waals surface area contributed by atoms with Gasteiger partial charge in [0.25, 0.3) is 0 Å². The van der Waals surface area contributed by atoms with E-state index >= 15 is 0 Å². The highest BCUT2D eigenvalue weighted by Crippen LogP contribution is 2.44. The lowest BCUT2D eigenvalue weighted by atomic mass is 9.98. The number of fused-ring (bicyclic) bond motifs is 3. The largest absolute Gasteiger partial charge is 0.491 e. The molecule has 2 heterocycles. The fraction of sp³-hybridized carbons (Fsp3) is 0.351. The van der Waals surface area contributed by atoms with E-state index in [9.17, 15) is 9.59 Å². The lowest BCUT2D eigenvalue weighted by molar-refractivity contribution is -0.219. The standard InChI is InChI=1S/C37H39NO7/c1-2-21-41-36(39)34-22-28(45-35-20-12-15-27(44-35)24-42-26-13-6-4-3-5-7-14-26)23-38(34)37(40)43-25-33-31-18-10-8-16-29(31)30-17-9-11-19-32(30)33/h2-11,13-14,16-19,27-28,33-35H,1,12,15,20-25H2/b4-3-,5-3?,6-4?,7-5-,13-6-,14-7?,26-13?,26-14+/t27?,28-,34+,35?/m1/s1. The molecule has 0 saturated carbocycles. The molecule has 0 aromatic heterocycles. The summed E-state index contributed by atoms with van der Waals surface area (Å²) in [5.41, 5.74) is 4.55. The van der Waals surface area contributed by atoms with Gasteiger partial charge >= 0.3 is 12.1 Å². The van der Waals surface area contributed by atoms with E-state index < -0.39 is 30.5 Å². The molecule has 45 heavy (non-hydrogen) atoms. The van der Waals surface area contributed by atoms with Crippen molar-refractivity contribution in [2.24, 2.45) is 0 Å². The van der Waals surface area contributed by atoms with Gasteiger partial charge in [-0.05, 0) is 53.7 Å². The molecule has 2 unspecified atom stereocenters. The molecule has 1 amide bonds. The summed E-state index contributed by atoms with van der Waals surface area (Å²) >= 11 is 0. The highest BCUT2D eigenvalue weighted by Gasteiger charge is 2.44. The minimum absolute atomic E-state index is 0.0600. The van der Waals surface area contributed by atoms with Gasteiger partial charge in [0.2, 0.25) is 0 Å². The number of allylic oxidation sites excluding steroid dienone is 7. The zero-order valence-electron chi connectivity index (χ0n) is 25.3. The molecule has 4 aliphatic rings. The average molecular weight is 610 g/mol. The van der Waals surface area contributed by atoms with Crippen molar-refractivity contribution < 1.29 is 33.3 Å². The summed E-state index contributed by atoms with van der Waals surface area (Å²) in [5, 5.41) is 0. The number of esters is 1. The van der Waals surface area contributed by atoms with Gasteiger partial charge in [0.15, 0.2) is 6.29 Å². The number of hydrogen-bond acceptors (Lipinski definition) is 7. The topological polar surface area (TPSA) is 83.5 Å². The number of rotatable bonds is 10. The van der Waals surface area contributed by atoms with Crippen LogP contribution >= 0.6 is 0 Å². The first-order valence-electron chi connectivity index (χ1n) is 15.6. The van der Waals surface area contributed by atoms with Crippen LogP contribution in [0.15, 0.2) is 109 Å². The average Bonchev–Trinajstić information content (AvgIpc) is 3.61. The number of carbonyl (C=O) groups excluding carboxylic acids is 2. The van der Waals surface area contributed by atoms with Gasteiger partial charge in [0.05, 0.1) is 18.8 Å². The lowest BCUT2D eigenvalue weighted by Crippen LogP contribution is -2.42. The predicted molar refractivity (Wildman–Crippen MR) is 170 cm³/mol. The van der Waals surface area contributed by atoms with Crippen molar-refractivity contribution in [2.75, 3.05) is 26.4 Å². The van der Waals surface area contributed by atoms with Crippen molar-refractivity contribution in [2.45, 2.75) is 56.1 Å². The maximum Gasteiger partial charge on any atom is 0.410 e. The monoisotopic (exact) mass is 609 g/mol. The van der Waals surface area contributed by atoms with Crippen LogP contribution in [0, 0.1) is 0 Å². The summed E-state index contributed by atoms with van der Waals surface area (Å²) in [5.74, 6) is 0.172. The highest BCUT2D eigenvalue weighted by atomic mass is 16.7. The number of carbonyl (C=O) groups is 2.